The lowest BCUT2D eigenvalue weighted by Gasteiger charge is -2.02. The van der Waals surface area contributed by atoms with Gasteiger partial charge in [0.2, 0.25) is 0 Å². The second-order valence-corrected chi connectivity index (χ2v) is 4.12. The van der Waals surface area contributed by atoms with Crippen LogP contribution in [0.3, 0.4) is 0 Å². The van der Waals surface area contributed by atoms with Gasteiger partial charge >= 0.3 is 5.97 Å². The van der Waals surface area contributed by atoms with E-state index in [2.05, 4.69) is 13.5 Å². The fraction of sp³-hybridized carbons (Fsp3) is 0.769. The maximum atomic E-state index is 10.2. The minimum Gasteiger partial charge on any atom is -0.481 e. The Morgan fingerprint density at radius 2 is 1.47 bits per heavy atom. The molecule has 0 aromatic carbocycles. The Kier molecular flexibility index (Phi) is 9.24. The van der Waals surface area contributed by atoms with Crippen LogP contribution in [0, 0.1) is 0 Å². The molecule has 0 radical (unpaired) electrons. The summed E-state index contributed by atoms with van der Waals surface area (Å²) < 4.78 is 0. The first kappa shape index (κ1) is 14.2. The molecular weight excluding hydrogens is 188 g/mol. The van der Waals surface area contributed by atoms with Crippen molar-refractivity contribution in [2.45, 2.75) is 64.7 Å². The molecule has 0 rings (SSSR count). The minimum atomic E-state index is -0.672. The molecule has 0 aliphatic rings. The van der Waals surface area contributed by atoms with E-state index in [-0.39, 0.29) is 0 Å². The highest BCUT2D eigenvalue weighted by molar-refractivity contribution is 5.66. The third kappa shape index (κ3) is 11.1. The molecule has 2 heteroatoms. The van der Waals surface area contributed by atoms with E-state index < -0.39 is 5.97 Å². The molecule has 0 unspecified atom stereocenters. The fourth-order valence-corrected chi connectivity index (χ4v) is 1.54. The number of aliphatic carboxylic acids is 1. The molecule has 15 heavy (non-hydrogen) atoms. The number of rotatable bonds is 10. The number of hydrogen-bond donors (Lipinski definition) is 1. The standard InChI is InChI=1S/C13H24O2/c1-3-12(2)10-8-6-4-5-7-9-11-13(14)15/h2-11H2,1H3,(H,14,15). The van der Waals surface area contributed by atoms with Crippen LogP contribution in [0.25, 0.3) is 0 Å². The normalized spacial score (nSPS) is 10.2. The van der Waals surface area contributed by atoms with E-state index in [0.29, 0.717) is 6.42 Å². The lowest BCUT2D eigenvalue weighted by atomic mass is 10.0. The first-order valence-electron chi connectivity index (χ1n) is 6.05. The largest absolute Gasteiger partial charge is 0.481 e. The van der Waals surface area contributed by atoms with Gasteiger partial charge in [-0.3, -0.25) is 4.79 Å². The lowest BCUT2D eigenvalue weighted by molar-refractivity contribution is -0.137. The van der Waals surface area contributed by atoms with Crippen LogP contribution in [-0.4, -0.2) is 11.1 Å². The van der Waals surface area contributed by atoms with Gasteiger partial charge in [-0.1, -0.05) is 44.8 Å². The Morgan fingerprint density at radius 3 is 1.93 bits per heavy atom. The van der Waals surface area contributed by atoms with Crippen LogP contribution in [-0.2, 0) is 4.79 Å². The topological polar surface area (TPSA) is 37.3 Å². The molecule has 0 fully saturated rings. The van der Waals surface area contributed by atoms with Gasteiger partial charge in [-0.15, -0.1) is 0 Å². The van der Waals surface area contributed by atoms with E-state index in [1.165, 1.54) is 31.3 Å². The number of carboxylic acids is 1. The maximum Gasteiger partial charge on any atom is 0.303 e. The number of hydrogen-bond acceptors (Lipinski definition) is 1. The van der Waals surface area contributed by atoms with Crippen LogP contribution >= 0.6 is 0 Å². The lowest BCUT2D eigenvalue weighted by Crippen LogP contribution is -1.93. The molecule has 0 aromatic heterocycles. The van der Waals surface area contributed by atoms with Crippen molar-refractivity contribution in [2.75, 3.05) is 0 Å². The zero-order chi connectivity index (χ0) is 11.5. The Hall–Kier alpha value is -0.790. The van der Waals surface area contributed by atoms with Gasteiger partial charge in [0.1, 0.15) is 0 Å². The average molecular weight is 212 g/mol. The van der Waals surface area contributed by atoms with E-state index >= 15 is 0 Å². The first-order valence-corrected chi connectivity index (χ1v) is 6.05. The number of carbonyl (C=O) groups is 1. The molecule has 0 spiro atoms. The second kappa shape index (κ2) is 9.75. The molecule has 0 atom stereocenters. The first-order chi connectivity index (χ1) is 7.16. The number of carboxylic acid groups (broad SMARTS) is 1. The summed E-state index contributed by atoms with van der Waals surface area (Å²) in [7, 11) is 0. The summed E-state index contributed by atoms with van der Waals surface area (Å²) >= 11 is 0. The Bertz CT molecular complexity index is 185. The zero-order valence-corrected chi connectivity index (χ0v) is 9.93. The van der Waals surface area contributed by atoms with Crippen LogP contribution in [0.15, 0.2) is 12.2 Å². The smallest absolute Gasteiger partial charge is 0.303 e. The third-order valence-corrected chi connectivity index (χ3v) is 2.67. The van der Waals surface area contributed by atoms with Crippen molar-refractivity contribution in [3.63, 3.8) is 0 Å². The predicted octanol–water partition coefficient (Wildman–Crippen LogP) is 4.16. The van der Waals surface area contributed by atoms with E-state index in [1.54, 1.807) is 0 Å². The monoisotopic (exact) mass is 212 g/mol. The highest BCUT2D eigenvalue weighted by atomic mass is 16.4. The van der Waals surface area contributed by atoms with Gasteiger partial charge < -0.3 is 5.11 Å². The van der Waals surface area contributed by atoms with Crippen molar-refractivity contribution in [2.24, 2.45) is 0 Å². The van der Waals surface area contributed by atoms with Crippen molar-refractivity contribution in [3.8, 4) is 0 Å². The summed E-state index contributed by atoms with van der Waals surface area (Å²) in [6, 6.07) is 0. The summed E-state index contributed by atoms with van der Waals surface area (Å²) in [6.07, 6.45) is 9.37. The average Bonchev–Trinajstić information content (AvgIpc) is 2.21. The molecule has 88 valence electrons. The number of unbranched alkanes of at least 4 members (excludes halogenated alkanes) is 5. The quantitative estimate of drug-likeness (QED) is 0.436. The molecule has 0 aliphatic carbocycles. The van der Waals surface area contributed by atoms with Crippen LogP contribution in [0.1, 0.15) is 64.7 Å². The second-order valence-electron chi connectivity index (χ2n) is 4.12. The van der Waals surface area contributed by atoms with Crippen molar-refractivity contribution in [3.05, 3.63) is 12.2 Å². The Balaban J connectivity index is 3.05. The minimum absolute atomic E-state index is 0.326. The summed E-state index contributed by atoms with van der Waals surface area (Å²) in [5, 5.41) is 8.43. The van der Waals surface area contributed by atoms with Crippen LogP contribution < -0.4 is 0 Å². The molecule has 0 aliphatic heterocycles. The summed E-state index contributed by atoms with van der Waals surface area (Å²) in [5.41, 5.74) is 1.35. The van der Waals surface area contributed by atoms with Crippen molar-refractivity contribution >= 4 is 5.97 Å². The summed E-state index contributed by atoms with van der Waals surface area (Å²) in [4.78, 5) is 10.2. The van der Waals surface area contributed by atoms with Gasteiger partial charge in [-0.05, 0) is 25.7 Å². The summed E-state index contributed by atoms with van der Waals surface area (Å²) in [5.74, 6) is -0.672. The molecule has 0 amide bonds. The van der Waals surface area contributed by atoms with Crippen molar-refractivity contribution < 1.29 is 9.90 Å². The Labute approximate surface area is 93.4 Å². The van der Waals surface area contributed by atoms with Crippen molar-refractivity contribution in [1.29, 1.82) is 0 Å². The van der Waals surface area contributed by atoms with Gasteiger partial charge in [0, 0.05) is 6.42 Å². The number of allylic oxidation sites excluding steroid dienone is 1. The van der Waals surface area contributed by atoms with Crippen molar-refractivity contribution in [1.82, 2.24) is 0 Å². The third-order valence-electron chi connectivity index (χ3n) is 2.67. The van der Waals surface area contributed by atoms with E-state index in [0.717, 1.165) is 25.7 Å². The summed E-state index contributed by atoms with van der Waals surface area (Å²) in [6.45, 7) is 6.12. The van der Waals surface area contributed by atoms with E-state index in [4.69, 9.17) is 5.11 Å². The highest BCUT2D eigenvalue weighted by Gasteiger charge is 1.96. The van der Waals surface area contributed by atoms with Crippen LogP contribution in [0.5, 0.6) is 0 Å². The molecule has 0 aromatic rings. The molecule has 1 N–H and O–H groups in total. The molecule has 2 nitrogen and oxygen atoms in total. The molecule has 0 saturated carbocycles. The van der Waals surface area contributed by atoms with Crippen LogP contribution in [0.4, 0.5) is 0 Å². The molecule has 0 bridgehead atoms. The molecular formula is C13H24O2. The van der Waals surface area contributed by atoms with Gasteiger partial charge in [0.25, 0.3) is 0 Å². The SMILES string of the molecule is C=C(CC)CCCCCCCCC(=O)O. The zero-order valence-electron chi connectivity index (χ0n) is 9.93. The predicted molar refractivity (Wildman–Crippen MR) is 64.0 cm³/mol. The van der Waals surface area contributed by atoms with E-state index in [9.17, 15) is 4.79 Å². The maximum absolute atomic E-state index is 10.2. The van der Waals surface area contributed by atoms with Crippen LogP contribution in [0.2, 0.25) is 0 Å². The highest BCUT2D eigenvalue weighted by Crippen LogP contribution is 2.12. The van der Waals surface area contributed by atoms with Gasteiger partial charge in [-0.25, -0.2) is 0 Å². The molecule has 0 saturated heterocycles. The molecule has 0 heterocycles. The fourth-order valence-electron chi connectivity index (χ4n) is 1.54. The van der Waals surface area contributed by atoms with Gasteiger partial charge in [0.05, 0.1) is 0 Å². The Morgan fingerprint density at radius 1 is 1.00 bits per heavy atom. The van der Waals surface area contributed by atoms with E-state index in [1.807, 2.05) is 0 Å². The van der Waals surface area contributed by atoms with Gasteiger partial charge in [0.15, 0.2) is 0 Å². The van der Waals surface area contributed by atoms with Gasteiger partial charge in [-0.2, -0.15) is 0 Å².